The first-order valence-electron chi connectivity index (χ1n) is 4.09. The van der Waals surface area contributed by atoms with E-state index in [1.54, 1.807) is 7.05 Å². The predicted molar refractivity (Wildman–Crippen MR) is 52.5 cm³/mol. The zero-order valence-corrected chi connectivity index (χ0v) is 7.54. The minimum atomic E-state index is 0.595. The monoisotopic (exact) mass is 162 g/mol. The summed E-state index contributed by atoms with van der Waals surface area (Å²) in [6.07, 6.45) is 1.06. The van der Waals surface area contributed by atoms with Crippen LogP contribution in [0.1, 0.15) is 18.1 Å². The molecular formula is C10H14N2. The number of amidine groups is 1. The Morgan fingerprint density at radius 2 is 1.92 bits per heavy atom. The Hall–Kier alpha value is -1.31. The van der Waals surface area contributed by atoms with Crippen LogP contribution in [-0.2, 0) is 6.42 Å². The summed E-state index contributed by atoms with van der Waals surface area (Å²) in [4.78, 5) is 3.91. The number of nitrogens with two attached hydrogens (primary N) is 1. The summed E-state index contributed by atoms with van der Waals surface area (Å²) in [5.41, 5.74) is 7.95. The average Bonchev–Trinajstić information content (AvgIpc) is 2.17. The molecule has 0 fully saturated rings. The fraction of sp³-hybridized carbons (Fsp3) is 0.300. The van der Waals surface area contributed by atoms with Crippen LogP contribution >= 0.6 is 0 Å². The lowest BCUT2D eigenvalue weighted by molar-refractivity contribution is 1.14. The zero-order chi connectivity index (χ0) is 8.97. The number of hydrogen-bond donors (Lipinski definition) is 1. The Morgan fingerprint density at radius 3 is 2.33 bits per heavy atom. The lowest BCUT2D eigenvalue weighted by Crippen LogP contribution is -2.12. The highest BCUT2D eigenvalue weighted by atomic mass is 14.8. The molecule has 0 spiro atoms. The predicted octanol–water partition coefficient (Wildman–Crippen LogP) is 1.58. The molecule has 2 nitrogen and oxygen atoms in total. The molecule has 0 aliphatic rings. The van der Waals surface area contributed by atoms with E-state index in [2.05, 4.69) is 24.0 Å². The van der Waals surface area contributed by atoms with Gasteiger partial charge in [0.1, 0.15) is 5.84 Å². The molecule has 0 radical (unpaired) electrons. The molecule has 64 valence electrons. The molecule has 0 unspecified atom stereocenters. The number of aryl methyl sites for hydroxylation is 1. The van der Waals surface area contributed by atoms with E-state index in [1.165, 1.54) is 5.56 Å². The Labute approximate surface area is 73.1 Å². The van der Waals surface area contributed by atoms with Crippen molar-refractivity contribution in [2.75, 3.05) is 7.05 Å². The van der Waals surface area contributed by atoms with Crippen LogP contribution in [-0.4, -0.2) is 12.9 Å². The van der Waals surface area contributed by atoms with Gasteiger partial charge in [-0.25, -0.2) is 0 Å². The van der Waals surface area contributed by atoms with Crippen molar-refractivity contribution in [3.05, 3.63) is 35.4 Å². The molecular weight excluding hydrogens is 148 g/mol. The van der Waals surface area contributed by atoms with Gasteiger partial charge in [-0.15, -0.1) is 0 Å². The van der Waals surface area contributed by atoms with E-state index in [0.717, 1.165) is 12.0 Å². The molecule has 0 aliphatic heterocycles. The van der Waals surface area contributed by atoms with Crippen molar-refractivity contribution in [3.63, 3.8) is 0 Å². The lowest BCUT2D eigenvalue weighted by Gasteiger charge is -2.00. The van der Waals surface area contributed by atoms with Gasteiger partial charge >= 0.3 is 0 Å². The van der Waals surface area contributed by atoms with Crippen LogP contribution in [0.25, 0.3) is 0 Å². The van der Waals surface area contributed by atoms with Crippen LogP contribution in [0.4, 0.5) is 0 Å². The van der Waals surface area contributed by atoms with Crippen LogP contribution in [0.15, 0.2) is 29.3 Å². The third-order valence-electron chi connectivity index (χ3n) is 1.90. The van der Waals surface area contributed by atoms with E-state index in [-0.39, 0.29) is 0 Å². The first-order chi connectivity index (χ1) is 5.77. The Kier molecular flexibility index (Phi) is 2.86. The summed E-state index contributed by atoms with van der Waals surface area (Å²) in [7, 11) is 1.70. The normalized spacial score (nSPS) is 11.7. The highest BCUT2D eigenvalue weighted by molar-refractivity contribution is 5.97. The highest BCUT2D eigenvalue weighted by Gasteiger charge is 1.95. The number of aliphatic imine (C=N–C) groups is 1. The standard InChI is InChI=1S/C10H14N2/c1-3-8-4-6-9(7-5-8)10(11)12-2/h4-7H,3H2,1-2H3,(H2,11,12). The van der Waals surface area contributed by atoms with Crippen molar-refractivity contribution in [3.8, 4) is 0 Å². The average molecular weight is 162 g/mol. The van der Waals surface area contributed by atoms with Gasteiger partial charge in [0.15, 0.2) is 0 Å². The maximum atomic E-state index is 5.64. The molecule has 2 heteroatoms. The van der Waals surface area contributed by atoms with Crippen LogP contribution in [0.5, 0.6) is 0 Å². The minimum Gasteiger partial charge on any atom is -0.384 e. The number of nitrogens with zero attached hydrogens (tertiary/aromatic N) is 1. The van der Waals surface area contributed by atoms with Gasteiger partial charge < -0.3 is 5.73 Å². The van der Waals surface area contributed by atoms with Crippen LogP contribution in [0.2, 0.25) is 0 Å². The van der Waals surface area contributed by atoms with Crippen LogP contribution in [0, 0.1) is 0 Å². The summed E-state index contributed by atoms with van der Waals surface area (Å²) in [5.74, 6) is 0.595. The Bertz CT molecular complexity index is 272. The molecule has 2 N–H and O–H groups in total. The van der Waals surface area contributed by atoms with E-state index in [1.807, 2.05) is 12.1 Å². The van der Waals surface area contributed by atoms with E-state index < -0.39 is 0 Å². The summed E-state index contributed by atoms with van der Waals surface area (Å²) < 4.78 is 0. The van der Waals surface area contributed by atoms with Crippen LogP contribution in [0.3, 0.4) is 0 Å². The molecule has 1 aromatic carbocycles. The molecule has 0 saturated heterocycles. The Balaban J connectivity index is 2.92. The van der Waals surface area contributed by atoms with Gasteiger partial charge in [-0.1, -0.05) is 31.2 Å². The van der Waals surface area contributed by atoms with Crippen molar-refractivity contribution < 1.29 is 0 Å². The maximum absolute atomic E-state index is 5.64. The summed E-state index contributed by atoms with van der Waals surface area (Å²) >= 11 is 0. The second-order valence-corrected chi connectivity index (χ2v) is 2.66. The van der Waals surface area contributed by atoms with E-state index in [9.17, 15) is 0 Å². The van der Waals surface area contributed by atoms with Crippen molar-refractivity contribution in [1.29, 1.82) is 0 Å². The minimum absolute atomic E-state index is 0.595. The second-order valence-electron chi connectivity index (χ2n) is 2.66. The van der Waals surface area contributed by atoms with Gasteiger partial charge in [0, 0.05) is 12.6 Å². The smallest absolute Gasteiger partial charge is 0.125 e. The summed E-state index contributed by atoms with van der Waals surface area (Å²) in [6, 6.07) is 8.16. The number of rotatable bonds is 2. The molecule has 0 heterocycles. The van der Waals surface area contributed by atoms with Gasteiger partial charge in [0.25, 0.3) is 0 Å². The fourth-order valence-corrected chi connectivity index (χ4v) is 1.04. The molecule has 0 aromatic heterocycles. The highest BCUT2D eigenvalue weighted by Crippen LogP contribution is 2.04. The molecule has 0 aliphatic carbocycles. The largest absolute Gasteiger partial charge is 0.384 e. The van der Waals surface area contributed by atoms with Crippen molar-refractivity contribution in [1.82, 2.24) is 0 Å². The van der Waals surface area contributed by atoms with Crippen LogP contribution < -0.4 is 5.73 Å². The van der Waals surface area contributed by atoms with Crippen molar-refractivity contribution in [2.24, 2.45) is 10.7 Å². The van der Waals surface area contributed by atoms with Gasteiger partial charge in [-0.05, 0) is 12.0 Å². The van der Waals surface area contributed by atoms with E-state index in [0.29, 0.717) is 5.84 Å². The van der Waals surface area contributed by atoms with E-state index >= 15 is 0 Å². The maximum Gasteiger partial charge on any atom is 0.125 e. The summed E-state index contributed by atoms with van der Waals surface area (Å²) in [5, 5.41) is 0. The number of hydrogen-bond acceptors (Lipinski definition) is 1. The SMILES string of the molecule is CCc1ccc(/C(N)=N/C)cc1. The molecule has 0 atom stereocenters. The second kappa shape index (κ2) is 3.90. The molecule has 12 heavy (non-hydrogen) atoms. The lowest BCUT2D eigenvalue weighted by atomic mass is 10.1. The third-order valence-corrected chi connectivity index (χ3v) is 1.90. The molecule has 1 rings (SSSR count). The fourth-order valence-electron chi connectivity index (χ4n) is 1.04. The molecule has 0 bridgehead atoms. The first kappa shape index (κ1) is 8.78. The van der Waals surface area contributed by atoms with Gasteiger partial charge in [-0.3, -0.25) is 4.99 Å². The molecule has 0 saturated carbocycles. The summed E-state index contributed by atoms with van der Waals surface area (Å²) in [6.45, 7) is 2.13. The van der Waals surface area contributed by atoms with E-state index in [4.69, 9.17) is 5.73 Å². The quantitative estimate of drug-likeness (QED) is 0.520. The van der Waals surface area contributed by atoms with Gasteiger partial charge in [0.05, 0.1) is 0 Å². The molecule has 0 amide bonds. The topological polar surface area (TPSA) is 38.4 Å². The van der Waals surface area contributed by atoms with Gasteiger partial charge in [-0.2, -0.15) is 0 Å². The number of benzene rings is 1. The first-order valence-corrected chi connectivity index (χ1v) is 4.09. The Morgan fingerprint density at radius 1 is 1.33 bits per heavy atom. The van der Waals surface area contributed by atoms with Crippen molar-refractivity contribution in [2.45, 2.75) is 13.3 Å². The van der Waals surface area contributed by atoms with Gasteiger partial charge in [0.2, 0.25) is 0 Å². The molecule has 1 aromatic rings. The zero-order valence-electron chi connectivity index (χ0n) is 7.54. The third kappa shape index (κ3) is 1.84. The van der Waals surface area contributed by atoms with Crippen molar-refractivity contribution >= 4 is 5.84 Å².